The zero-order valence-corrected chi connectivity index (χ0v) is 14.4. The van der Waals surface area contributed by atoms with Gasteiger partial charge in [0.05, 0.1) is 17.2 Å². The van der Waals surface area contributed by atoms with Crippen LogP contribution in [0.4, 0.5) is 5.69 Å². The Morgan fingerprint density at radius 1 is 1.27 bits per heavy atom. The van der Waals surface area contributed by atoms with Gasteiger partial charge in [-0.15, -0.1) is 11.3 Å². The number of rotatable bonds is 5. The summed E-state index contributed by atoms with van der Waals surface area (Å²) in [7, 11) is 0. The van der Waals surface area contributed by atoms with Gasteiger partial charge in [0, 0.05) is 17.0 Å². The summed E-state index contributed by atoms with van der Waals surface area (Å²) in [5.41, 5.74) is 9.17. The molecule has 0 unspecified atom stereocenters. The fourth-order valence-electron chi connectivity index (χ4n) is 1.99. The molecule has 3 N–H and O–H groups in total. The minimum atomic E-state index is 0.417. The van der Waals surface area contributed by atoms with Crippen LogP contribution in [0, 0.1) is 0 Å². The monoisotopic (exact) mass is 316 g/mol. The lowest BCUT2D eigenvalue weighted by atomic mass is 10.0. The third-order valence-electron chi connectivity index (χ3n) is 3.30. The van der Waals surface area contributed by atoms with Crippen LogP contribution >= 0.6 is 11.3 Å². The molecule has 0 aliphatic carbocycles. The van der Waals surface area contributed by atoms with Crippen molar-refractivity contribution >= 4 is 23.0 Å². The number of hydrogen-bond acceptors (Lipinski definition) is 3. The Balaban J connectivity index is 1.98. The van der Waals surface area contributed by atoms with Crippen LogP contribution in [-0.2, 0) is 6.54 Å². The van der Waals surface area contributed by atoms with Crippen molar-refractivity contribution in [2.75, 3.05) is 5.32 Å². The third-order valence-corrected chi connectivity index (χ3v) is 4.49. The molecule has 1 heterocycles. The Bertz CT molecular complexity index is 644. The van der Waals surface area contributed by atoms with Crippen LogP contribution in [-0.4, -0.2) is 10.9 Å². The van der Waals surface area contributed by atoms with Gasteiger partial charge in [-0.25, -0.2) is 9.98 Å². The lowest BCUT2D eigenvalue weighted by molar-refractivity contribution is 0.837. The zero-order chi connectivity index (χ0) is 16.1. The van der Waals surface area contributed by atoms with E-state index >= 15 is 0 Å². The van der Waals surface area contributed by atoms with Crippen molar-refractivity contribution in [2.24, 2.45) is 10.7 Å². The van der Waals surface area contributed by atoms with E-state index in [0.29, 0.717) is 24.3 Å². The highest BCUT2D eigenvalue weighted by Crippen LogP contribution is 2.20. The van der Waals surface area contributed by atoms with Crippen molar-refractivity contribution < 1.29 is 0 Å². The number of benzene rings is 1. The highest BCUT2D eigenvalue weighted by molar-refractivity contribution is 7.09. The second-order valence-electron chi connectivity index (χ2n) is 5.94. The van der Waals surface area contributed by atoms with E-state index in [-0.39, 0.29) is 0 Å². The SMILES string of the molecule is CC(C)c1cccc(NC(N)=NCc2csc(C(C)C)n2)c1. The number of guanidine groups is 1. The van der Waals surface area contributed by atoms with E-state index in [4.69, 9.17) is 5.73 Å². The van der Waals surface area contributed by atoms with Gasteiger partial charge < -0.3 is 11.1 Å². The van der Waals surface area contributed by atoms with E-state index in [9.17, 15) is 0 Å². The number of nitrogens with two attached hydrogens (primary N) is 1. The number of nitrogens with zero attached hydrogens (tertiary/aromatic N) is 2. The summed E-state index contributed by atoms with van der Waals surface area (Å²) in [4.78, 5) is 8.92. The average Bonchev–Trinajstić information content (AvgIpc) is 2.94. The minimum Gasteiger partial charge on any atom is -0.370 e. The predicted octanol–water partition coefficient (Wildman–Crippen LogP) is 4.32. The van der Waals surface area contributed by atoms with E-state index in [1.54, 1.807) is 11.3 Å². The summed E-state index contributed by atoms with van der Waals surface area (Å²) in [5, 5.41) is 6.33. The first-order valence-corrected chi connectivity index (χ1v) is 8.45. The molecule has 22 heavy (non-hydrogen) atoms. The van der Waals surface area contributed by atoms with Crippen molar-refractivity contribution in [3.05, 3.63) is 45.9 Å². The number of aromatic nitrogens is 1. The lowest BCUT2D eigenvalue weighted by Gasteiger charge is -2.09. The van der Waals surface area contributed by atoms with Crippen LogP contribution < -0.4 is 11.1 Å². The number of hydrogen-bond donors (Lipinski definition) is 2. The molecule has 0 amide bonds. The molecule has 0 saturated heterocycles. The predicted molar refractivity (Wildman–Crippen MR) is 95.7 cm³/mol. The first-order chi connectivity index (χ1) is 10.5. The van der Waals surface area contributed by atoms with Crippen LogP contribution in [0.25, 0.3) is 0 Å². The Morgan fingerprint density at radius 3 is 2.68 bits per heavy atom. The summed E-state index contributed by atoms with van der Waals surface area (Å²) < 4.78 is 0. The molecule has 2 aromatic rings. The molecular weight excluding hydrogens is 292 g/mol. The molecule has 0 atom stereocenters. The topological polar surface area (TPSA) is 63.3 Å². The van der Waals surface area contributed by atoms with Crippen molar-refractivity contribution in [2.45, 2.75) is 46.1 Å². The second-order valence-corrected chi connectivity index (χ2v) is 6.83. The quantitative estimate of drug-likeness (QED) is 0.638. The van der Waals surface area contributed by atoms with Crippen molar-refractivity contribution in [1.82, 2.24) is 4.98 Å². The Morgan fingerprint density at radius 2 is 2.05 bits per heavy atom. The maximum absolute atomic E-state index is 5.96. The summed E-state index contributed by atoms with van der Waals surface area (Å²) >= 11 is 1.68. The fourth-order valence-corrected chi connectivity index (χ4v) is 2.82. The molecule has 0 fully saturated rings. The van der Waals surface area contributed by atoms with Gasteiger partial charge in [0.15, 0.2) is 5.96 Å². The molecule has 1 aromatic carbocycles. The van der Waals surface area contributed by atoms with E-state index < -0.39 is 0 Å². The summed E-state index contributed by atoms with van der Waals surface area (Å²) in [6.45, 7) is 9.13. The van der Waals surface area contributed by atoms with E-state index in [1.807, 2.05) is 17.5 Å². The number of thiazole rings is 1. The average molecular weight is 316 g/mol. The standard InChI is InChI=1S/C17H24N4S/c1-11(2)13-6-5-7-14(8-13)21-17(18)19-9-15-10-22-16(20-15)12(3)4/h5-8,10-12H,9H2,1-4H3,(H3,18,19,21). The molecule has 1 aromatic heterocycles. The summed E-state index contributed by atoms with van der Waals surface area (Å²) in [5.74, 6) is 1.36. The van der Waals surface area contributed by atoms with Crippen molar-refractivity contribution in [1.29, 1.82) is 0 Å². The van der Waals surface area contributed by atoms with Crippen LogP contribution in [0.2, 0.25) is 0 Å². The van der Waals surface area contributed by atoms with Gasteiger partial charge in [-0.3, -0.25) is 0 Å². The molecule has 0 aliphatic heterocycles. The smallest absolute Gasteiger partial charge is 0.193 e. The largest absolute Gasteiger partial charge is 0.370 e. The highest BCUT2D eigenvalue weighted by atomic mass is 32.1. The zero-order valence-electron chi connectivity index (χ0n) is 13.6. The van der Waals surface area contributed by atoms with Crippen molar-refractivity contribution in [3.8, 4) is 0 Å². The van der Waals surface area contributed by atoms with Gasteiger partial charge in [0.1, 0.15) is 0 Å². The first kappa shape index (κ1) is 16.5. The van der Waals surface area contributed by atoms with Crippen LogP contribution in [0.1, 0.15) is 55.8 Å². The Hall–Kier alpha value is -1.88. The molecule has 2 rings (SSSR count). The molecule has 0 saturated carbocycles. The van der Waals surface area contributed by atoms with Crippen LogP contribution in [0.3, 0.4) is 0 Å². The Labute approximate surface area is 136 Å². The fraction of sp³-hybridized carbons (Fsp3) is 0.412. The van der Waals surface area contributed by atoms with E-state index in [2.05, 4.69) is 55.1 Å². The number of nitrogens with one attached hydrogen (secondary N) is 1. The normalized spacial score (nSPS) is 12.2. The van der Waals surface area contributed by atoms with Crippen molar-refractivity contribution in [3.63, 3.8) is 0 Å². The van der Waals surface area contributed by atoms with Gasteiger partial charge in [-0.2, -0.15) is 0 Å². The second kappa shape index (κ2) is 7.40. The molecular formula is C17H24N4S. The van der Waals surface area contributed by atoms with Crippen LogP contribution in [0.5, 0.6) is 0 Å². The molecule has 118 valence electrons. The van der Waals surface area contributed by atoms with Gasteiger partial charge in [-0.1, -0.05) is 39.8 Å². The summed E-state index contributed by atoms with van der Waals surface area (Å²) in [6, 6.07) is 8.24. The maximum atomic E-state index is 5.96. The van der Waals surface area contributed by atoms with Gasteiger partial charge in [-0.05, 0) is 23.6 Å². The first-order valence-electron chi connectivity index (χ1n) is 7.57. The number of aliphatic imine (C=N–C) groups is 1. The highest BCUT2D eigenvalue weighted by Gasteiger charge is 2.05. The van der Waals surface area contributed by atoms with Gasteiger partial charge in [0.2, 0.25) is 0 Å². The van der Waals surface area contributed by atoms with E-state index in [1.165, 1.54) is 5.56 Å². The van der Waals surface area contributed by atoms with Gasteiger partial charge >= 0.3 is 0 Å². The summed E-state index contributed by atoms with van der Waals surface area (Å²) in [6.07, 6.45) is 0. The number of anilines is 1. The maximum Gasteiger partial charge on any atom is 0.193 e. The minimum absolute atomic E-state index is 0.417. The molecule has 4 nitrogen and oxygen atoms in total. The molecule has 0 aliphatic rings. The lowest BCUT2D eigenvalue weighted by Crippen LogP contribution is -2.22. The van der Waals surface area contributed by atoms with Gasteiger partial charge in [0.25, 0.3) is 0 Å². The molecule has 0 radical (unpaired) electrons. The Kier molecular flexibility index (Phi) is 5.55. The molecule has 0 spiro atoms. The third kappa shape index (κ3) is 4.56. The molecule has 0 bridgehead atoms. The van der Waals surface area contributed by atoms with E-state index in [0.717, 1.165) is 16.4 Å². The molecule has 5 heteroatoms. The van der Waals surface area contributed by atoms with Crippen LogP contribution in [0.15, 0.2) is 34.6 Å².